The summed E-state index contributed by atoms with van der Waals surface area (Å²) < 4.78 is 11.4. The van der Waals surface area contributed by atoms with Crippen molar-refractivity contribution in [2.24, 2.45) is 0 Å². The first-order valence-electron chi connectivity index (χ1n) is 7.55. The number of para-hydroxylation sites is 2. The van der Waals surface area contributed by atoms with Gasteiger partial charge in [-0.2, -0.15) is 0 Å². The van der Waals surface area contributed by atoms with Crippen molar-refractivity contribution in [3.63, 3.8) is 0 Å². The van der Waals surface area contributed by atoms with Gasteiger partial charge < -0.3 is 20.1 Å². The molecule has 2 heterocycles. The Labute approximate surface area is 134 Å². The molecular formula is C17H19N3O3. The van der Waals surface area contributed by atoms with Crippen LogP contribution in [-0.2, 0) is 0 Å². The monoisotopic (exact) mass is 313 g/mol. The fourth-order valence-electron chi connectivity index (χ4n) is 2.35. The average molecular weight is 313 g/mol. The van der Waals surface area contributed by atoms with E-state index >= 15 is 0 Å². The van der Waals surface area contributed by atoms with Crippen molar-refractivity contribution < 1.29 is 14.3 Å². The predicted molar refractivity (Wildman–Crippen MR) is 85.5 cm³/mol. The molecule has 120 valence electrons. The summed E-state index contributed by atoms with van der Waals surface area (Å²) in [6.45, 7) is 2.71. The number of fused-ring (bicyclic) bond motifs is 1. The van der Waals surface area contributed by atoms with E-state index in [1.807, 2.05) is 43.3 Å². The minimum atomic E-state index is -0.239. The Morgan fingerprint density at radius 3 is 2.78 bits per heavy atom. The fraction of sp³-hybridized carbons (Fsp3) is 0.294. The standard InChI is InChI=1S/C17H19N3O3/c1-12(13-6-8-18-9-7-13)20-17(21)19-10-14-11-22-15-4-2-3-5-16(15)23-14/h2-9,12,14H,10-11H2,1H3,(H2,19,20,21)/t12-,14-/m0/s1. The van der Waals surface area contributed by atoms with Gasteiger partial charge in [-0.1, -0.05) is 12.1 Å². The second kappa shape index (κ2) is 7.00. The third kappa shape index (κ3) is 3.91. The van der Waals surface area contributed by atoms with Crippen LogP contribution in [0.3, 0.4) is 0 Å². The summed E-state index contributed by atoms with van der Waals surface area (Å²) in [5, 5.41) is 5.69. The number of rotatable bonds is 4. The van der Waals surface area contributed by atoms with Crippen molar-refractivity contribution in [2.45, 2.75) is 19.1 Å². The lowest BCUT2D eigenvalue weighted by molar-refractivity contribution is 0.0917. The number of nitrogens with zero attached hydrogens (tertiary/aromatic N) is 1. The molecule has 0 fully saturated rings. The van der Waals surface area contributed by atoms with Crippen LogP contribution >= 0.6 is 0 Å². The van der Waals surface area contributed by atoms with Crippen LogP contribution in [0.5, 0.6) is 11.5 Å². The van der Waals surface area contributed by atoms with Crippen molar-refractivity contribution in [3.05, 3.63) is 54.4 Å². The minimum absolute atomic E-state index is 0.0951. The van der Waals surface area contributed by atoms with Crippen LogP contribution < -0.4 is 20.1 Å². The summed E-state index contributed by atoms with van der Waals surface area (Å²) >= 11 is 0. The number of aromatic nitrogens is 1. The van der Waals surface area contributed by atoms with Gasteiger partial charge in [0.2, 0.25) is 0 Å². The minimum Gasteiger partial charge on any atom is -0.486 e. The molecule has 0 saturated heterocycles. The molecule has 1 aliphatic rings. The first-order chi connectivity index (χ1) is 11.2. The van der Waals surface area contributed by atoms with Gasteiger partial charge in [-0.3, -0.25) is 4.98 Å². The van der Waals surface area contributed by atoms with Crippen LogP contribution in [0, 0.1) is 0 Å². The second-order valence-corrected chi connectivity index (χ2v) is 5.35. The predicted octanol–water partition coefficient (Wildman–Crippen LogP) is 2.28. The molecule has 0 spiro atoms. The zero-order valence-corrected chi connectivity index (χ0v) is 12.9. The number of carbonyl (C=O) groups is 1. The Kier molecular flexibility index (Phi) is 4.61. The number of carbonyl (C=O) groups excluding carboxylic acids is 1. The molecule has 23 heavy (non-hydrogen) atoms. The highest BCUT2D eigenvalue weighted by molar-refractivity contribution is 5.74. The Balaban J connectivity index is 1.47. The maximum Gasteiger partial charge on any atom is 0.315 e. The van der Waals surface area contributed by atoms with E-state index in [-0.39, 0.29) is 18.2 Å². The molecule has 2 amide bonds. The van der Waals surface area contributed by atoms with Gasteiger partial charge >= 0.3 is 6.03 Å². The van der Waals surface area contributed by atoms with E-state index in [2.05, 4.69) is 15.6 Å². The van der Waals surface area contributed by atoms with Gasteiger partial charge in [0.15, 0.2) is 17.6 Å². The molecule has 0 aliphatic carbocycles. The Morgan fingerprint density at radius 1 is 1.26 bits per heavy atom. The third-order valence-electron chi connectivity index (χ3n) is 3.61. The zero-order valence-electron chi connectivity index (χ0n) is 12.9. The number of urea groups is 1. The van der Waals surface area contributed by atoms with E-state index in [9.17, 15) is 4.79 Å². The van der Waals surface area contributed by atoms with Crippen molar-refractivity contribution in [2.75, 3.05) is 13.2 Å². The van der Waals surface area contributed by atoms with Crippen molar-refractivity contribution in [1.82, 2.24) is 15.6 Å². The number of hydrogen-bond acceptors (Lipinski definition) is 4. The second-order valence-electron chi connectivity index (χ2n) is 5.35. The molecule has 2 N–H and O–H groups in total. The lowest BCUT2D eigenvalue weighted by atomic mass is 10.1. The van der Waals surface area contributed by atoms with E-state index in [4.69, 9.17) is 9.47 Å². The maximum absolute atomic E-state index is 12.0. The summed E-state index contributed by atoms with van der Waals surface area (Å²) in [5.74, 6) is 1.44. The quantitative estimate of drug-likeness (QED) is 0.908. The SMILES string of the molecule is C[C@H](NC(=O)NC[C@H]1COc2ccccc2O1)c1ccncc1. The number of amides is 2. The Hall–Kier alpha value is -2.76. The molecule has 1 aliphatic heterocycles. The highest BCUT2D eigenvalue weighted by Crippen LogP contribution is 2.30. The van der Waals surface area contributed by atoms with E-state index in [1.165, 1.54) is 0 Å². The molecule has 1 aromatic carbocycles. The number of pyridine rings is 1. The van der Waals surface area contributed by atoms with Gasteiger partial charge in [0.05, 0.1) is 12.6 Å². The van der Waals surface area contributed by atoms with Gasteiger partial charge in [-0.15, -0.1) is 0 Å². The molecule has 3 rings (SSSR count). The van der Waals surface area contributed by atoms with Crippen LogP contribution in [0.1, 0.15) is 18.5 Å². The van der Waals surface area contributed by atoms with Crippen LogP contribution in [0.4, 0.5) is 4.79 Å². The maximum atomic E-state index is 12.0. The molecule has 2 atom stereocenters. The van der Waals surface area contributed by atoms with Gasteiger partial charge in [0, 0.05) is 12.4 Å². The highest BCUT2D eigenvalue weighted by atomic mass is 16.6. The van der Waals surface area contributed by atoms with E-state index in [0.29, 0.717) is 18.9 Å². The largest absolute Gasteiger partial charge is 0.486 e. The summed E-state index contributed by atoms with van der Waals surface area (Å²) in [4.78, 5) is 15.9. The number of ether oxygens (including phenoxy) is 2. The average Bonchev–Trinajstić information content (AvgIpc) is 2.60. The normalized spacial score (nSPS) is 17.2. The molecule has 0 radical (unpaired) electrons. The molecule has 6 nitrogen and oxygen atoms in total. The van der Waals surface area contributed by atoms with Gasteiger partial charge in [0.1, 0.15) is 6.61 Å². The van der Waals surface area contributed by atoms with Gasteiger partial charge in [0.25, 0.3) is 0 Å². The highest BCUT2D eigenvalue weighted by Gasteiger charge is 2.21. The third-order valence-corrected chi connectivity index (χ3v) is 3.61. The molecule has 2 aromatic rings. The smallest absolute Gasteiger partial charge is 0.315 e. The topological polar surface area (TPSA) is 72.5 Å². The van der Waals surface area contributed by atoms with Gasteiger partial charge in [-0.05, 0) is 36.8 Å². The summed E-state index contributed by atoms with van der Waals surface area (Å²) in [7, 11) is 0. The summed E-state index contributed by atoms with van der Waals surface area (Å²) in [5.41, 5.74) is 1.00. The van der Waals surface area contributed by atoms with Crippen molar-refractivity contribution in [1.29, 1.82) is 0 Å². The zero-order chi connectivity index (χ0) is 16.1. The van der Waals surface area contributed by atoms with Crippen LogP contribution in [0.25, 0.3) is 0 Å². The fourth-order valence-corrected chi connectivity index (χ4v) is 2.35. The van der Waals surface area contributed by atoms with Crippen LogP contribution in [-0.4, -0.2) is 30.3 Å². The Morgan fingerprint density at radius 2 is 2.00 bits per heavy atom. The molecule has 0 unspecified atom stereocenters. The van der Waals surface area contributed by atoms with E-state index in [0.717, 1.165) is 11.3 Å². The molecular weight excluding hydrogens is 294 g/mol. The number of nitrogens with one attached hydrogen (secondary N) is 2. The molecule has 0 saturated carbocycles. The van der Waals surface area contributed by atoms with Crippen LogP contribution in [0.15, 0.2) is 48.8 Å². The summed E-state index contributed by atoms with van der Waals surface area (Å²) in [6, 6.07) is 10.9. The van der Waals surface area contributed by atoms with E-state index in [1.54, 1.807) is 12.4 Å². The van der Waals surface area contributed by atoms with E-state index < -0.39 is 0 Å². The first-order valence-corrected chi connectivity index (χ1v) is 7.55. The molecule has 1 aromatic heterocycles. The van der Waals surface area contributed by atoms with Gasteiger partial charge in [-0.25, -0.2) is 4.79 Å². The molecule has 0 bridgehead atoms. The molecule has 6 heteroatoms. The van der Waals surface area contributed by atoms with Crippen molar-refractivity contribution >= 4 is 6.03 Å². The Bertz CT molecular complexity index is 663. The van der Waals surface area contributed by atoms with Crippen molar-refractivity contribution in [3.8, 4) is 11.5 Å². The first kappa shape index (κ1) is 15.1. The summed E-state index contributed by atoms with van der Waals surface area (Å²) in [6.07, 6.45) is 3.21. The number of hydrogen-bond donors (Lipinski definition) is 2. The lowest BCUT2D eigenvalue weighted by Crippen LogP contribution is -2.45. The lowest BCUT2D eigenvalue weighted by Gasteiger charge is -2.26. The number of benzene rings is 1. The van der Waals surface area contributed by atoms with Crippen LogP contribution in [0.2, 0.25) is 0 Å².